The van der Waals surface area contributed by atoms with Gasteiger partial charge >= 0.3 is 0 Å². The van der Waals surface area contributed by atoms with E-state index in [4.69, 9.17) is 16.3 Å². The lowest BCUT2D eigenvalue weighted by atomic mass is 9.77. The van der Waals surface area contributed by atoms with Gasteiger partial charge < -0.3 is 9.84 Å². The van der Waals surface area contributed by atoms with E-state index < -0.39 is 0 Å². The predicted molar refractivity (Wildman–Crippen MR) is 117 cm³/mol. The molecule has 1 unspecified atom stereocenters. The molecule has 152 valence electrons. The predicted octanol–water partition coefficient (Wildman–Crippen LogP) is 6.38. The first-order chi connectivity index (χ1) is 14.0. The number of aliphatic hydroxyl groups excluding tert-OH is 1. The summed E-state index contributed by atoms with van der Waals surface area (Å²) in [5, 5.41) is 11.5. The molecule has 2 aliphatic rings. The van der Waals surface area contributed by atoms with E-state index in [0.29, 0.717) is 29.4 Å². The highest BCUT2D eigenvalue weighted by atomic mass is 35.5. The van der Waals surface area contributed by atoms with Crippen LogP contribution >= 0.6 is 11.6 Å². The average Bonchev–Trinajstić information content (AvgIpc) is 2.70. The smallest absolute Gasteiger partial charge is 0.167 e. The van der Waals surface area contributed by atoms with Crippen LogP contribution in [-0.4, -0.2) is 24.1 Å². The highest BCUT2D eigenvalue weighted by molar-refractivity contribution is 6.30. The molecule has 2 aromatic carbocycles. The summed E-state index contributed by atoms with van der Waals surface area (Å²) in [6, 6.07) is 13.7. The van der Waals surface area contributed by atoms with E-state index in [-0.39, 0.29) is 17.5 Å². The molecule has 1 atom stereocenters. The molecule has 1 saturated heterocycles. The molecule has 0 saturated carbocycles. The molecule has 3 nitrogen and oxygen atoms in total. The molecule has 0 bridgehead atoms. The minimum absolute atomic E-state index is 0.0576. The van der Waals surface area contributed by atoms with Crippen molar-refractivity contribution in [1.29, 1.82) is 0 Å². The zero-order valence-electron chi connectivity index (χ0n) is 16.8. The van der Waals surface area contributed by atoms with Crippen LogP contribution in [0.5, 0.6) is 0 Å². The van der Waals surface area contributed by atoms with E-state index in [1.807, 2.05) is 49.4 Å². The Labute approximate surface area is 177 Å². The number of Topliss-reactive ketones (excluding diaryl/α,β-unsaturated/α-hetero) is 1. The van der Waals surface area contributed by atoms with E-state index >= 15 is 0 Å². The molecule has 2 aromatic rings. The summed E-state index contributed by atoms with van der Waals surface area (Å²) in [5.74, 6) is 1.14. The summed E-state index contributed by atoms with van der Waals surface area (Å²) >= 11 is 6.01. The molecule has 0 amide bonds. The van der Waals surface area contributed by atoms with Crippen LogP contribution < -0.4 is 0 Å². The summed E-state index contributed by atoms with van der Waals surface area (Å²) in [6.45, 7) is 3.62. The lowest BCUT2D eigenvalue weighted by Crippen LogP contribution is -2.24. The summed E-state index contributed by atoms with van der Waals surface area (Å²) in [7, 11) is 0. The third-order valence-corrected chi connectivity index (χ3v) is 6.47. The number of carbonyl (C=O) groups excluding carboxylic acids is 1. The van der Waals surface area contributed by atoms with Crippen LogP contribution in [0.3, 0.4) is 0 Å². The molecular formula is C25H27ClO3. The summed E-state index contributed by atoms with van der Waals surface area (Å²) in [4.78, 5) is 13.0. The van der Waals surface area contributed by atoms with Crippen molar-refractivity contribution in [3.05, 3.63) is 64.4 Å². The zero-order chi connectivity index (χ0) is 20.4. The van der Waals surface area contributed by atoms with Crippen LogP contribution in [0.2, 0.25) is 5.02 Å². The van der Waals surface area contributed by atoms with E-state index in [9.17, 15) is 9.90 Å². The fraction of sp³-hybridized carbons (Fsp3) is 0.400. The number of carbonyl (C=O) groups is 1. The van der Waals surface area contributed by atoms with Gasteiger partial charge in [-0.2, -0.15) is 0 Å². The van der Waals surface area contributed by atoms with Crippen molar-refractivity contribution in [1.82, 2.24) is 0 Å². The van der Waals surface area contributed by atoms with Crippen LogP contribution in [0.15, 0.2) is 48.2 Å². The quantitative estimate of drug-likeness (QED) is 0.636. The van der Waals surface area contributed by atoms with Gasteiger partial charge in [-0.05, 0) is 78.5 Å². The van der Waals surface area contributed by atoms with Crippen LogP contribution in [-0.2, 0) is 9.53 Å². The van der Waals surface area contributed by atoms with Crippen molar-refractivity contribution >= 4 is 23.0 Å². The third kappa shape index (κ3) is 4.57. The number of allylic oxidation sites excluding steroid dienone is 2. The minimum atomic E-state index is 0.0576. The normalized spacial score (nSPS) is 20.9. The van der Waals surface area contributed by atoms with Crippen LogP contribution in [0.4, 0.5) is 0 Å². The fourth-order valence-corrected chi connectivity index (χ4v) is 4.74. The summed E-state index contributed by atoms with van der Waals surface area (Å²) in [5.41, 5.74) is 4.39. The van der Waals surface area contributed by atoms with Crippen LogP contribution in [0.1, 0.15) is 43.2 Å². The molecule has 0 aromatic heterocycles. The Morgan fingerprint density at radius 2 is 1.69 bits per heavy atom. The molecule has 1 aliphatic carbocycles. The maximum absolute atomic E-state index is 13.0. The summed E-state index contributed by atoms with van der Waals surface area (Å²) < 4.78 is 5.44. The van der Waals surface area contributed by atoms with Crippen molar-refractivity contribution in [2.24, 2.45) is 11.8 Å². The lowest BCUT2D eigenvalue weighted by Gasteiger charge is -2.29. The van der Waals surface area contributed by atoms with Gasteiger partial charge in [-0.15, -0.1) is 0 Å². The molecule has 0 spiro atoms. The molecule has 1 heterocycles. The van der Waals surface area contributed by atoms with Gasteiger partial charge in [0.1, 0.15) is 5.76 Å². The van der Waals surface area contributed by atoms with Gasteiger partial charge in [-0.25, -0.2) is 0 Å². The van der Waals surface area contributed by atoms with Gasteiger partial charge in [-0.1, -0.05) is 35.9 Å². The van der Waals surface area contributed by atoms with Crippen molar-refractivity contribution in [2.45, 2.75) is 39.0 Å². The second-order valence-electron chi connectivity index (χ2n) is 8.35. The summed E-state index contributed by atoms with van der Waals surface area (Å²) in [6.07, 6.45) is 4.22. The van der Waals surface area contributed by atoms with E-state index in [0.717, 1.165) is 54.7 Å². The number of aryl methyl sites for hydroxylation is 1. The van der Waals surface area contributed by atoms with Gasteiger partial charge in [0.2, 0.25) is 0 Å². The topological polar surface area (TPSA) is 46.5 Å². The number of rotatable bonds is 4. The van der Waals surface area contributed by atoms with Gasteiger partial charge in [0.15, 0.2) is 5.78 Å². The van der Waals surface area contributed by atoms with E-state index in [2.05, 4.69) is 0 Å². The van der Waals surface area contributed by atoms with Gasteiger partial charge in [0.05, 0.1) is 5.57 Å². The highest BCUT2D eigenvalue weighted by Crippen LogP contribution is 2.38. The zero-order valence-corrected chi connectivity index (χ0v) is 17.5. The first kappa shape index (κ1) is 20.2. The molecule has 0 radical (unpaired) electrons. The average molecular weight is 411 g/mol. The molecule has 1 fully saturated rings. The molecular weight excluding hydrogens is 384 g/mol. The number of aliphatic hydroxyl groups is 1. The Balaban J connectivity index is 1.59. The Kier molecular flexibility index (Phi) is 6.07. The number of benzene rings is 2. The van der Waals surface area contributed by atoms with Crippen LogP contribution in [0.25, 0.3) is 16.7 Å². The first-order valence-corrected chi connectivity index (χ1v) is 10.8. The van der Waals surface area contributed by atoms with E-state index in [1.165, 1.54) is 0 Å². The van der Waals surface area contributed by atoms with Crippen molar-refractivity contribution in [3.8, 4) is 11.1 Å². The lowest BCUT2D eigenvalue weighted by molar-refractivity contribution is -0.115. The Morgan fingerprint density at radius 3 is 2.38 bits per heavy atom. The number of ether oxygens (including phenoxy) is 1. The fourth-order valence-electron chi connectivity index (χ4n) is 4.61. The standard InChI is InChI=1S/C25H27ClO3/c1-16-2-3-20(19-4-6-21(26)7-5-19)15-22(16)25-23(27)13-18(14-24(25)28)12-17-8-10-29-11-9-17/h2-7,15,17-18,27H,8-14H2,1H3. The Morgan fingerprint density at radius 1 is 1.00 bits per heavy atom. The third-order valence-electron chi connectivity index (χ3n) is 6.22. The minimum Gasteiger partial charge on any atom is -0.512 e. The van der Waals surface area contributed by atoms with E-state index in [1.54, 1.807) is 0 Å². The number of hydrogen-bond acceptors (Lipinski definition) is 3. The maximum Gasteiger partial charge on any atom is 0.167 e. The first-order valence-electron chi connectivity index (χ1n) is 10.4. The highest BCUT2D eigenvalue weighted by Gasteiger charge is 2.31. The Hall–Kier alpha value is -2.10. The van der Waals surface area contributed by atoms with Gasteiger partial charge in [0, 0.05) is 31.1 Å². The second kappa shape index (κ2) is 8.73. The molecule has 29 heavy (non-hydrogen) atoms. The number of ketones is 1. The molecule has 4 rings (SSSR count). The van der Waals surface area contributed by atoms with Crippen LogP contribution in [0, 0.1) is 18.8 Å². The number of halogens is 1. The maximum atomic E-state index is 13.0. The van der Waals surface area contributed by atoms with Gasteiger partial charge in [-0.3, -0.25) is 4.79 Å². The molecule has 1 aliphatic heterocycles. The van der Waals surface area contributed by atoms with Gasteiger partial charge in [0.25, 0.3) is 0 Å². The van der Waals surface area contributed by atoms with Crippen molar-refractivity contribution in [2.75, 3.05) is 13.2 Å². The molecule has 1 N–H and O–H groups in total. The van der Waals surface area contributed by atoms with Crippen molar-refractivity contribution < 1.29 is 14.6 Å². The second-order valence-corrected chi connectivity index (χ2v) is 8.78. The number of hydrogen-bond donors (Lipinski definition) is 1. The largest absolute Gasteiger partial charge is 0.512 e. The molecule has 4 heteroatoms. The monoisotopic (exact) mass is 410 g/mol. The Bertz CT molecular complexity index is 924. The SMILES string of the molecule is Cc1ccc(-c2ccc(Cl)cc2)cc1C1=C(O)CC(CC2CCOCC2)CC1=O. The van der Waals surface area contributed by atoms with Crippen molar-refractivity contribution in [3.63, 3.8) is 0 Å².